The van der Waals surface area contributed by atoms with Gasteiger partial charge in [-0.1, -0.05) is 23.2 Å². The van der Waals surface area contributed by atoms with Gasteiger partial charge in [-0.3, -0.25) is 4.79 Å². The topological polar surface area (TPSA) is 68.4 Å². The monoisotopic (exact) mass is 355 g/mol. The molecule has 122 valence electrons. The molecule has 0 aliphatic rings. The Morgan fingerprint density at radius 1 is 1.22 bits per heavy atom. The Bertz CT molecular complexity index is 768. The van der Waals surface area contributed by atoms with Gasteiger partial charge >= 0.3 is 5.97 Å². The van der Waals surface area contributed by atoms with Crippen LogP contribution < -0.4 is 4.74 Å². The molecular formula is C16H15Cl2NO4. The Labute approximate surface area is 143 Å². The zero-order valence-corrected chi connectivity index (χ0v) is 14.3. The van der Waals surface area contributed by atoms with Gasteiger partial charge in [0, 0.05) is 10.7 Å². The van der Waals surface area contributed by atoms with E-state index in [-0.39, 0.29) is 12.4 Å². The third kappa shape index (κ3) is 3.68. The number of ketones is 1. The van der Waals surface area contributed by atoms with E-state index >= 15 is 0 Å². The molecule has 0 radical (unpaired) electrons. The lowest BCUT2D eigenvalue weighted by Crippen LogP contribution is -2.13. The SMILES string of the molecule is COC(=O)c1c(C)[nH]c(C(=O)COc2ccc(Cl)cc2Cl)c1C. The number of ether oxygens (including phenoxy) is 2. The number of carbonyl (C=O) groups is 2. The molecule has 1 N–H and O–H groups in total. The molecule has 0 bridgehead atoms. The minimum Gasteiger partial charge on any atom is -0.484 e. The second-order valence-electron chi connectivity index (χ2n) is 4.90. The van der Waals surface area contributed by atoms with Crippen molar-refractivity contribution in [2.45, 2.75) is 13.8 Å². The second kappa shape index (κ2) is 7.06. The molecule has 2 rings (SSSR count). The number of aryl methyl sites for hydroxylation is 1. The summed E-state index contributed by atoms with van der Waals surface area (Å²) in [5.74, 6) is -0.428. The molecule has 0 fully saturated rings. The lowest BCUT2D eigenvalue weighted by atomic mass is 10.1. The zero-order chi connectivity index (χ0) is 17.1. The number of esters is 1. The lowest BCUT2D eigenvalue weighted by Gasteiger charge is -2.07. The van der Waals surface area contributed by atoms with Gasteiger partial charge in [0.15, 0.2) is 6.61 Å². The number of aromatic amines is 1. The molecule has 0 saturated heterocycles. The number of Topliss-reactive ketones (excluding diaryl/α,β-unsaturated/α-hetero) is 1. The molecule has 1 heterocycles. The average molecular weight is 356 g/mol. The van der Waals surface area contributed by atoms with Gasteiger partial charge in [0.1, 0.15) is 5.75 Å². The number of H-pyrrole nitrogens is 1. The highest BCUT2D eigenvalue weighted by atomic mass is 35.5. The van der Waals surface area contributed by atoms with Crippen LogP contribution in [0.1, 0.15) is 32.1 Å². The lowest BCUT2D eigenvalue weighted by molar-refractivity contribution is 0.0599. The molecule has 2 aromatic rings. The summed E-state index contributed by atoms with van der Waals surface area (Å²) < 4.78 is 10.1. The third-order valence-electron chi connectivity index (χ3n) is 3.36. The smallest absolute Gasteiger partial charge is 0.339 e. The predicted molar refractivity (Wildman–Crippen MR) is 87.9 cm³/mol. The largest absolute Gasteiger partial charge is 0.484 e. The molecule has 0 aliphatic carbocycles. The highest BCUT2D eigenvalue weighted by Crippen LogP contribution is 2.28. The van der Waals surface area contributed by atoms with E-state index in [9.17, 15) is 9.59 Å². The average Bonchev–Trinajstić information content (AvgIpc) is 2.80. The number of hydrogen-bond donors (Lipinski definition) is 1. The second-order valence-corrected chi connectivity index (χ2v) is 5.75. The molecule has 5 nitrogen and oxygen atoms in total. The van der Waals surface area contributed by atoms with Gasteiger partial charge in [0.05, 0.1) is 23.4 Å². The van der Waals surface area contributed by atoms with Gasteiger partial charge in [0.2, 0.25) is 5.78 Å². The third-order valence-corrected chi connectivity index (χ3v) is 3.89. The quantitative estimate of drug-likeness (QED) is 0.650. The van der Waals surface area contributed by atoms with E-state index in [2.05, 4.69) is 4.98 Å². The van der Waals surface area contributed by atoms with Crippen LogP contribution in [0, 0.1) is 13.8 Å². The van der Waals surface area contributed by atoms with Gasteiger partial charge in [-0.05, 0) is 37.6 Å². The van der Waals surface area contributed by atoms with Crippen LogP contribution in [-0.2, 0) is 4.74 Å². The summed E-state index contributed by atoms with van der Waals surface area (Å²) in [6.45, 7) is 3.16. The molecule has 0 saturated carbocycles. The first kappa shape index (κ1) is 17.4. The Hall–Kier alpha value is -1.98. The van der Waals surface area contributed by atoms with Gasteiger partial charge in [-0.15, -0.1) is 0 Å². The fraction of sp³-hybridized carbons (Fsp3) is 0.250. The summed E-state index contributed by atoms with van der Waals surface area (Å²) in [5, 5.41) is 0.798. The van der Waals surface area contributed by atoms with E-state index in [4.69, 9.17) is 32.7 Å². The van der Waals surface area contributed by atoms with E-state index in [0.29, 0.717) is 38.3 Å². The molecule has 0 aliphatic heterocycles. The molecular weight excluding hydrogens is 341 g/mol. The number of carbonyl (C=O) groups excluding carboxylic acids is 2. The highest BCUT2D eigenvalue weighted by molar-refractivity contribution is 6.35. The van der Waals surface area contributed by atoms with Gasteiger partial charge in [-0.2, -0.15) is 0 Å². The molecule has 0 atom stereocenters. The number of hydrogen-bond acceptors (Lipinski definition) is 4. The normalized spacial score (nSPS) is 10.5. The molecule has 23 heavy (non-hydrogen) atoms. The maximum absolute atomic E-state index is 12.3. The predicted octanol–water partition coefficient (Wildman–Crippen LogP) is 3.99. The fourth-order valence-corrected chi connectivity index (χ4v) is 2.71. The van der Waals surface area contributed by atoms with Crippen LogP contribution in [0.4, 0.5) is 0 Å². The summed E-state index contributed by atoms with van der Waals surface area (Å²) >= 11 is 11.8. The number of methoxy groups -OCH3 is 1. The summed E-state index contributed by atoms with van der Waals surface area (Å²) in [7, 11) is 1.29. The number of rotatable bonds is 5. The fourth-order valence-electron chi connectivity index (χ4n) is 2.24. The van der Waals surface area contributed by atoms with Crippen LogP contribution in [0.2, 0.25) is 10.0 Å². The van der Waals surface area contributed by atoms with Crippen molar-refractivity contribution in [2.75, 3.05) is 13.7 Å². The number of halogens is 2. The first-order valence-corrected chi connectivity index (χ1v) is 7.49. The molecule has 0 spiro atoms. The van der Waals surface area contributed by atoms with E-state index in [0.717, 1.165) is 0 Å². The summed E-state index contributed by atoms with van der Waals surface area (Å²) in [5.41, 5.74) is 1.78. The molecule has 0 amide bonds. The van der Waals surface area contributed by atoms with Crippen molar-refractivity contribution < 1.29 is 19.1 Å². The zero-order valence-electron chi connectivity index (χ0n) is 12.8. The Morgan fingerprint density at radius 3 is 2.52 bits per heavy atom. The van der Waals surface area contributed by atoms with E-state index in [1.807, 2.05) is 0 Å². The molecule has 7 heteroatoms. The van der Waals surface area contributed by atoms with Gasteiger partial charge in [-0.25, -0.2) is 4.79 Å². The van der Waals surface area contributed by atoms with Crippen molar-refractivity contribution >= 4 is 35.0 Å². The van der Waals surface area contributed by atoms with Crippen LogP contribution in [0.15, 0.2) is 18.2 Å². The minimum absolute atomic E-state index is 0.219. The number of aromatic nitrogens is 1. The summed E-state index contributed by atoms with van der Waals surface area (Å²) in [6.07, 6.45) is 0. The van der Waals surface area contributed by atoms with Gasteiger partial charge in [0.25, 0.3) is 0 Å². The van der Waals surface area contributed by atoms with E-state index < -0.39 is 5.97 Å². The van der Waals surface area contributed by atoms with E-state index in [1.165, 1.54) is 13.2 Å². The van der Waals surface area contributed by atoms with Crippen molar-refractivity contribution in [1.82, 2.24) is 4.98 Å². The summed E-state index contributed by atoms with van der Waals surface area (Å²) in [6, 6.07) is 4.74. The van der Waals surface area contributed by atoms with E-state index in [1.54, 1.807) is 26.0 Å². The first-order valence-electron chi connectivity index (χ1n) is 6.73. The molecule has 0 unspecified atom stereocenters. The van der Waals surface area contributed by atoms with Crippen LogP contribution in [0.25, 0.3) is 0 Å². The van der Waals surface area contributed by atoms with Crippen molar-refractivity contribution in [1.29, 1.82) is 0 Å². The van der Waals surface area contributed by atoms with Gasteiger partial charge < -0.3 is 14.5 Å². The Morgan fingerprint density at radius 2 is 1.91 bits per heavy atom. The maximum Gasteiger partial charge on any atom is 0.339 e. The van der Waals surface area contributed by atoms with Crippen LogP contribution in [-0.4, -0.2) is 30.5 Å². The van der Waals surface area contributed by atoms with Crippen molar-refractivity contribution in [2.24, 2.45) is 0 Å². The van der Waals surface area contributed by atoms with Crippen molar-refractivity contribution in [3.63, 3.8) is 0 Å². The van der Waals surface area contributed by atoms with Crippen molar-refractivity contribution in [3.05, 3.63) is 50.8 Å². The Kier molecular flexibility index (Phi) is 5.34. The number of benzene rings is 1. The number of nitrogens with one attached hydrogen (secondary N) is 1. The van der Waals surface area contributed by atoms with Crippen LogP contribution in [0.3, 0.4) is 0 Å². The summed E-state index contributed by atoms with van der Waals surface area (Å²) in [4.78, 5) is 27.0. The molecule has 1 aromatic heterocycles. The standard InChI is InChI=1S/C16H15Cl2NO4/c1-8-14(16(21)22-3)9(2)19-15(8)12(20)7-23-13-5-4-10(17)6-11(13)18/h4-6,19H,7H2,1-3H3. The molecule has 1 aromatic carbocycles. The minimum atomic E-state index is -0.489. The first-order chi connectivity index (χ1) is 10.8. The Balaban J connectivity index is 2.17. The van der Waals surface area contributed by atoms with Crippen LogP contribution in [0.5, 0.6) is 5.75 Å². The highest BCUT2D eigenvalue weighted by Gasteiger charge is 2.22. The van der Waals surface area contributed by atoms with Crippen molar-refractivity contribution in [3.8, 4) is 5.75 Å². The van der Waals surface area contributed by atoms with Crippen LogP contribution >= 0.6 is 23.2 Å². The maximum atomic E-state index is 12.3.